The van der Waals surface area contributed by atoms with E-state index in [1.807, 2.05) is 22.6 Å². The molecule has 0 saturated heterocycles. The molecule has 7 heteroatoms. The van der Waals surface area contributed by atoms with Crippen molar-refractivity contribution in [1.29, 1.82) is 0 Å². The Kier molecular flexibility index (Phi) is 4.35. The number of hydrogen-bond donors (Lipinski definition) is 1. The van der Waals surface area contributed by atoms with Crippen LogP contribution in [0.3, 0.4) is 0 Å². The number of nitrogens with two attached hydrogens (primary N) is 1. The van der Waals surface area contributed by atoms with Crippen LogP contribution in [0, 0.1) is 3.57 Å². The molecule has 2 aromatic rings. The van der Waals surface area contributed by atoms with Crippen LogP contribution in [0.5, 0.6) is 0 Å². The van der Waals surface area contributed by atoms with Crippen LogP contribution in [0.25, 0.3) is 0 Å². The second-order valence-corrected chi connectivity index (χ2v) is 5.25. The fourth-order valence-corrected chi connectivity index (χ4v) is 2.19. The van der Waals surface area contributed by atoms with Crippen LogP contribution in [0.1, 0.15) is 6.42 Å². The Morgan fingerprint density at radius 2 is 1.95 bits per heavy atom. The van der Waals surface area contributed by atoms with Gasteiger partial charge in [-0.1, -0.05) is 0 Å². The minimum Gasteiger partial charge on any atom is -0.398 e. The van der Waals surface area contributed by atoms with Gasteiger partial charge in [0.2, 0.25) is 0 Å². The number of anilines is 1. The molecule has 2 N–H and O–H groups in total. The highest BCUT2D eigenvalue weighted by Crippen LogP contribution is 1.99. The van der Waals surface area contributed by atoms with Crippen LogP contribution in [-0.4, -0.2) is 14.1 Å². The molecule has 0 aromatic carbocycles. The van der Waals surface area contributed by atoms with Crippen molar-refractivity contribution in [3.63, 3.8) is 0 Å². The average molecular weight is 372 g/mol. The van der Waals surface area contributed by atoms with Crippen LogP contribution < -0.4 is 16.9 Å². The molecule has 19 heavy (non-hydrogen) atoms. The highest BCUT2D eigenvalue weighted by atomic mass is 127. The second-order valence-electron chi connectivity index (χ2n) is 4.09. The molecule has 0 bridgehead atoms. The van der Waals surface area contributed by atoms with Gasteiger partial charge in [0.05, 0.1) is 9.90 Å². The number of pyridine rings is 1. The van der Waals surface area contributed by atoms with Gasteiger partial charge < -0.3 is 10.3 Å². The first-order valence-electron chi connectivity index (χ1n) is 5.74. The SMILES string of the molecule is Nc1ccc(=O)n(CCCn2cncc(I)c2=O)c1. The maximum absolute atomic E-state index is 11.8. The first-order chi connectivity index (χ1) is 9.08. The molecule has 0 radical (unpaired) electrons. The predicted molar refractivity (Wildman–Crippen MR) is 80.9 cm³/mol. The Bertz CT molecular complexity index is 691. The zero-order chi connectivity index (χ0) is 13.8. The number of nitrogens with zero attached hydrogens (tertiary/aromatic N) is 3. The maximum atomic E-state index is 11.8. The quantitative estimate of drug-likeness (QED) is 0.801. The third-order valence-corrected chi connectivity index (χ3v) is 3.40. The van der Waals surface area contributed by atoms with E-state index in [0.29, 0.717) is 28.8 Å². The molecule has 0 fully saturated rings. The van der Waals surface area contributed by atoms with Gasteiger partial charge in [-0.25, -0.2) is 4.98 Å². The lowest BCUT2D eigenvalue weighted by Crippen LogP contribution is -2.24. The molecular weight excluding hydrogens is 359 g/mol. The number of nitrogen functional groups attached to an aromatic ring is 1. The average Bonchev–Trinajstić information content (AvgIpc) is 2.38. The lowest BCUT2D eigenvalue weighted by molar-refractivity contribution is 0.537. The van der Waals surface area contributed by atoms with Crippen molar-refractivity contribution < 1.29 is 0 Å². The van der Waals surface area contributed by atoms with Crippen molar-refractivity contribution in [2.75, 3.05) is 5.73 Å². The van der Waals surface area contributed by atoms with Gasteiger partial charge in [-0.05, 0) is 35.1 Å². The van der Waals surface area contributed by atoms with E-state index in [4.69, 9.17) is 5.73 Å². The van der Waals surface area contributed by atoms with E-state index in [2.05, 4.69) is 4.98 Å². The standard InChI is InChI=1S/C12H13IN4O2/c13-10-6-15-8-17(12(10)19)5-1-4-16-7-9(14)2-3-11(16)18/h2-3,6-8H,1,4-5,14H2. The van der Waals surface area contributed by atoms with Crippen LogP contribution in [-0.2, 0) is 13.1 Å². The predicted octanol–water partition coefficient (Wildman–Crippen LogP) is 0.682. The minimum absolute atomic E-state index is 0.0597. The summed E-state index contributed by atoms with van der Waals surface area (Å²) in [5.41, 5.74) is 6.02. The summed E-state index contributed by atoms with van der Waals surface area (Å²) in [4.78, 5) is 27.3. The van der Waals surface area contributed by atoms with E-state index < -0.39 is 0 Å². The molecular formula is C12H13IN4O2. The zero-order valence-corrected chi connectivity index (χ0v) is 12.3. The Labute approximate surface area is 123 Å². The van der Waals surface area contributed by atoms with E-state index in [1.165, 1.54) is 18.6 Å². The fraction of sp³-hybridized carbons (Fsp3) is 0.250. The summed E-state index contributed by atoms with van der Waals surface area (Å²) < 4.78 is 3.67. The highest BCUT2D eigenvalue weighted by molar-refractivity contribution is 14.1. The van der Waals surface area contributed by atoms with E-state index in [9.17, 15) is 9.59 Å². The topological polar surface area (TPSA) is 82.9 Å². The summed E-state index contributed by atoms with van der Waals surface area (Å²) in [5, 5.41) is 0. The summed E-state index contributed by atoms with van der Waals surface area (Å²) in [6, 6.07) is 3.02. The van der Waals surface area contributed by atoms with Gasteiger partial charge in [0.25, 0.3) is 11.1 Å². The molecule has 0 amide bonds. The van der Waals surface area contributed by atoms with Crippen molar-refractivity contribution in [1.82, 2.24) is 14.1 Å². The summed E-state index contributed by atoms with van der Waals surface area (Å²) in [6.45, 7) is 1.03. The van der Waals surface area contributed by atoms with Gasteiger partial charge in [-0.2, -0.15) is 0 Å². The summed E-state index contributed by atoms with van der Waals surface area (Å²) in [5.74, 6) is 0. The molecule has 0 aliphatic rings. The molecule has 0 aliphatic heterocycles. The highest BCUT2D eigenvalue weighted by Gasteiger charge is 2.01. The van der Waals surface area contributed by atoms with Crippen LogP contribution in [0.2, 0.25) is 0 Å². The van der Waals surface area contributed by atoms with Crippen molar-refractivity contribution in [3.05, 3.63) is 55.1 Å². The number of aryl methyl sites for hydroxylation is 2. The van der Waals surface area contributed by atoms with Gasteiger partial charge in [0, 0.05) is 37.2 Å². The maximum Gasteiger partial charge on any atom is 0.266 e. The van der Waals surface area contributed by atoms with E-state index >= 15 is 0 Å². The number of hydrogen-bond acceptors (Lipinski definition) is 4. The fourth-order valence-electron chi connectivity index (χ4n) is 1.72. The van der Waals surface area contributed by atoms with Crippen LogP contribution >= 0.6 is 22.6 Å². The van der Waals surface area contributed by atoms with Gasteiger partial charge in [0.15, 0.2) is 0 Å². The van der Waals surface area contributed by atoms with E-state index in [1.54, 1.807) is 21.4 Å². The van der Waals surface area contributed by atoms with Crippen molar-refractivity contribution in [3.8, 4) is 0 Å². The third kappa shape index (κ3) is 3.43. The van der Waals surface area contributed by atoms with Gasteiger partial charge in [0.1, 0.15) is 0 Å². The largest absolute Gasteiger partial charge is 0.398 e. The van der Waals surface area contributed by atoms with Crippen molar-refractivity contribution in [2.45, 2.75) is 19.5 Å². The Hall–Kier alpha value is -1.64. The smallest absolute Gasteiger partial charge is 0.266 e. The summed E-state index contributed by atoms with van der Waals surface area (Å²) in [6.07, 6.45) is 5.30. The Balaban J connectivity index is 2.04. The van der Waals surface area contributed by atoms with Crippen LogP contribution in [0.15, 0.2) is 40.4 Å². The zero-order valence-electron chi connectivity index (χ0n) is 10.1. The lowest BCUT2D eigenvalue weighted by atomic mass is 10.3. The van der Waals surface area contributed by atoms with Gasteiger partial charge in [-0.3, -0.25) is 14.2 Å². The molecule has 0 saturated carbocycles. The molecule has 2 aromatic heterocycles. The number of aromatic nitrogens is 3. The molecule has 0 spiro atoms. The number of rotatable bonds is 4. The molecule has 0 aliphatic carbocycles. The Morgan fingerprint density at radius 1 is 1.21 bits per heavy atom. The van der Waals surface area contributed by atoms with Gasteiger partial charge in [-0.15, -0.1) is 0 Å². The van der Waals surface area contributed by atoms with E-state index in [0.717, 1.165) is 0 Å². The first kappa shape index (κ1) is 13.8. The normalized spacial score (nSPS) is 10.6. The monoisotopic (exact) mass is 372 g/mol. The molecule has 0 unspecified atom stereocenters. The number of halogens is 1. The molecule has 2 heterocycles. The molecule has 2 rings (SSSR count). The lowest BCUT2D eigenvalue weighted by Gasteiger charge is -2.08. The minimum atomic E-state index is -0.0951. The molecule has 6 nitrogen and oxygen atoms in total. The van der Waals surface area contributed by atoms with Crippen LogP contribution in [0.4, 0.5) is 5.69 Å². The Morgan fingerprint density at radius 3 is 2.74 bits per heavy atom. The van der Waals surface area contributed by atoms with Crippen molar-refractivity contribution >= 4 is 28.3 Å². The summed E-state index contributed by atoms with van der Waals surface area (Å²) >= 11 is 1.96. The molecule has 0 atom stereocenters. The summed E-state index contributed by atoms with van der Waals surface area (Å²) in [7, 11) is 0. The first-order valence-corrected chi connectivity index (χ1v) is 6.82. The van der Waals surface area contributed by atoms with Gasteiger partial charge >= 0.3 is 0 Å². The molecule has 100 valence electrons. The van der Waals surface area contributed by atoms with E-state index in [-0.39, 0.29) is 11.1 Å². The van der Waals surface area contributed by atoms with Crippen molar-refractivity contribution in [2.24, 2.45) is 0 Å². The second kappa shape index (κ2) is 6.00. The third-order valence-electron chi connectivity index (χ3n) is 2.66.